The number of anilines is 2. The van der Waals surface area contributed by atoms with Crippen molar-refractivity contribution in [1.82, 2.24) is 19.9 Å². The first-order valence-electron chi connectivity index (χ1n) is 9.73. The molecule has 168 valence electrons. The maximum atomic E-state index is 10.6. The molecule has 1 aliphatic heterocycles. The Morgan fingerprint density at radius 2 is 1.87 bits per heavy atom. The van der Waals surface area contributed by atoms with E-state index in [0.717, 1.165) is 44.0 Å². The molecule has 12 heteroatoms. The van der Waals surface area contributed by atoms with Gasteiger partial charge in [0, 0.05) is 43.8 Å². The number of nitrogens with zero attached hydrogens (tertiary/aromatic N) is 5. The van der Waals surface area contributed by atoms with Crippen LogP contribution in [-0.2, 0) is 9.53 Å². The van der Waals surface area contributed by atoms with Crippen LogP contribution >= 0.6 is 0 Å². The summed E-state index contributed by atoms with van der Waals surface area (Å²) in [5.41, 5.74) is 1.08. The molecule has 3 heterocycles. The third-order valence-electron chi connectivity index (χ3n) is 5.07. The number of carboxylic acid groups (broad SMARTS) is 1. The molecule has 1 aliphatic carbocycles. The van der Waals surface area contributed by atoms with Crippen LogP contribution in [0.2, 0.25) is 0 Å². The number of fused-ring (bicyclic) bond motifs is 1. The van der Waals surface area contributed by atoms with E-state index in [1.54, 1.807) is 12.4 Å². The average Bonchev–Trinajstić information content (AvgIpc) is 3.17. The van der Waals surface area contributed by atoms with Crippen LogP contribution in [0.5, 0.6) is 0 Å². The van der Waals surface area contributed by atoms with E-state index in [9.17, 15) is 13.2 Å². The molecule has 2 aromatic rings. The molecule has 0 bridgehead atoms. The lowest BCUT2D eigenvalue weighted by Gasteiger charge is -2.39. The number of carbonyl (C=O) groups is 1. The van der Waals surface area contributed by atoms with Crippen molar-refractivity contribution in [2.75, 3.05) is 29.9 Å². The van der Waals surface area contributed by atoms with Crippen LogP contribution in [0, 0.1) is 12.8 Å². The molecule has 3 atom stereocenters. The number of carboxylic acids is 1. The lowest BCUT2D eigenvalue weighted by Crippen LogP contribution is -2.51. The molecule has 4 rings (SSSR count). The molecule has 2 N–H and O–H groups in total. The van der Waals surface area contributed by atoms with Crippen molar-refractivity contribution >= 4 is 17.9 Å². The van der Waals surface area contributed by atoms with E-state index in [1.165, 1.54) is 0 Å². The van der Waals surface area contributed by atoms with Crippen molar-refractivity contribution in [3.63, 3.8) is 0 Å². The molecule has 31 heavy (non-hydrogen) atoms. The highest BCUT2D eigenvalue weighted by atomic mass is 19.4. The van der Waals surface area contributed by atoms with Gasteiger partial charge in [0.2, 0.25) is 11.9 Å². The van der Waals surface area contributed by atoms with Crippen molar-refractivity contribution in [2.24, 2.45) is 5.92 Å². The number of morpholine rings is 1. The second-order valence-corrected chi connectivity index (χ2v) is 7.25. The van der Waals surface area contributed by atoms with Gasteiger partial charge in [-0.25, -0.2) is 24.7 Å². The maximum Gasteiger partial charge on any atom is 0.490 e. The Bertz CT molecular complexity index is 853. The first-order valence-corrected chi connectivity index (χ1v) is 9.73. The summed E-state index contributed by atoms with van der Waals surface area (Å²) in [5, 5.41) is 10.5. The van der Waals surface area contributed by atoms with E-state index in [1.807, 2.05) is 25.4 Å². The first kappa shape index (κ1) is 22.7. The molecule has 9 nitrogen and oxygen atoms in total. The summed E-state index contributed by atoms with van der Waals surface area (Å²) in [4.78, 5) is 28.7. The van der Waals surface area contributed by atoms with Gasteiger partial charge in [0.1, 0.15) is 0 Å². The summed E-state index contributed by atoms with van der Waals surface area (Å²) in [7, 11) is 0. The Hall–Kier alpha value is -3.02. The summed E-state index contributed by atoms with van der Waals surface area (Å²) in [6.07, 6.45) is 4.61. The molecule has 1 saturated heterocycles. The number of hydrogen-bond donors (Lipinski definition) is 2. The van der Waals surface area contributed by atoms with Crippen molar-refractivity contribution in [3.8, 4) is 0 Å². The quantitative estimate of drug-likeness (QED) is 0.739. The van der Waals surface area contributed by atoms with Gasteiger partial charge in [-0.2, -0.15) is 13.2 Å². The van der Waals surface area contributed by atoms with E-state index in [0.29, 0.717) is 17.9 Å². The lowest BCUT2D eigenvalue weighted by molar-refractivity contribution is -0.192. The normalized spacial score (nSPS) is 22.8. The number of alkyl halides is 3. The second kappa shape index (κ2) is 9.86. The van der Waals surface area contributed by atoms with Gasteiger partial charge < -0.3 is 20.1 Å². The predicted molar refractivity (Wildman–Crippen MR) is 105 cm³/mol. The zero-order chi connectivity index (χ0) is 22.4. The Kier molecular flexibility index (Phi) is 7.21. The van der Waals surface area contributed by atoms with Crippen LogP contribution in [-0.4, -0.2) is 69.0 Å². The molecular weight excluding hydrogens is 417 g/mol. The topological polar surface area (TPSA) is 113 Å². The second-order valence-electron chi connectivity index (χ2n) is 7.25. The molecule has 0 spiro atoms. The van der Waals surface area contributed by atoms with E-state index in [-0.39, 0.29) is 6.10 Å². The van der Waals surface area contributed by atoms with Crippen LogP contribution in [0.4, 0.5) is 25.1 Å². The molecule has 2 aliphatic rings. The van der Waals surface area contributed by atoms with Crippen molar-refractivity contribution < 1.29 is 27.8 Å². The number of aliphatic carboxylic acids is 1. The SMILES string of the molecule is Cc1cnc(N2CCO[C@@H]3C(CNc4ncccn4)CC[C@H]32)nc1.O=C(O)C(F)(F)F. The van der Waals surface area contributed by atoms with E-state index in [4.69, 9.17) is 14.6 Å². The zero-order valence-corrected chi connectivity index (χ0v) is 16.8. The monoisotopic (exact) mass is 440 g/mol. The smallest absolute Gasteiger partial charge is 0.475 e. The minimum absolute atomic E-state index is 0.208. The summed E-state index contributed by atoms with van der Waals surface area (Å²) < 4.78 is 37.8. The lowest BCUT2D eigenvalue weighted by atomic mass is 10.0. The summed E-state index contributed by atoms with van der Waals surface area (Å²) in [5.74, 6) is -0.811. The number of rotatable bonds is 4. The molecule has 0 radical (unpaired) electrons. The molecule has 2 aromatic heterocycles. The van der Waals surface area contributed by atoms with Gasteiger partial charge in [0.25, 0.3) is 0 Å². The van der Waals surface area contributed by atoms with Crippen LogP contribution in [0.15, 0.2) is 30.9 Å². The highest BCUT2D eigenvalue weighted by Crippen LogP contribution is 2.36. The number of aryl methyl sites for hydroxylation is 1. The Morgan fingerprint density at radius 1 is 1.23 bits per heavy atom. The zero-order valence-electron chi connectivity index (χ0n) is 16.8. The van der Waals surface area contributed by atoms with Crippen LogP contribution in [0.3, 0.4) is 0 Å². The molecule has 0 amide bonds. The fourth-order valence-electron chi connectivity index (χ4n) is 3.67. The van der Waals surface area contributed by atoms with Gasteiger partial charge in [0.15, 0.2) is 0 Å². The Labute approximate surface area is 176 Å². The average molecular weight is 440 g/mol. The highest BCUT2D eigenvalue weighted by Gasteiger charge is 2.43. The summed E-state index contributed by atoms with van der Waals surface area (Å²) in [6.45, 7) is 4.41. The Balaban J connectivity index is 0.000000339. The van der Waals surface area contributed by atoms with Gasteiger partial charge >= 0.3 is 12.1 Å². The third-order valence-corrected chi connectivity index (χ3v) is 5.07. The van der Waals surface area contributed by atoms with Gasteiger partial charge in [-0.1, -0.05) is 0 Å². The maximum absolute atomic E-state index is 10.6. The fourth-order valence-corrected chi connectivity index (χ4v) is 3.67. The van der Waals surface area contributed by atoms with Crippen LogP contribution < -0.4 is 10.2 Å². The summed E-state index contributed by atoms with van der Waals surface area (Å²) >= 11 is 0. The minimum atomic E-state index is -5.08. The van der Waals surface area contributed by atoms with E-state index >= 15 is 0 Å². The molecule has 2 fully saturated rings. The van der Waals surface area contributed by atoms with Gasteiger partial charge in [-0.15, -0.1) is 0 Å². The fraction of sp³-hybridized carbons (Fsp3) is 0.526. The van der Waals surface area contributed by atoms with Crippen LogP contribution in [0.1, 0.15) is 18.4 Å². The van der Waals surface area contributed by atoms with E-state index < -0.39 is 12.1 Å². The number of nitrogens with one attached hydrogen (secondary N) is 1. The number of ether oxygens (including phenoxy) is 1. The van der Waals surface area contributed by atoms with Gasteiger partial charge in [-0.05, 0) is 31.4 Å². The van der Waals surface area contributed by atoms with Crippen molar-refractivity contribution in [2.45, 2.75) is 38.1 Å². The molecular formula is C19H23F3N6O3. The first-order chi connectivity index (χ1) is 14.8. The standard InChI is InChI=1S/C17H22N6O.C2HF3O2/c1-12-9-21-17(22-10-12)23-7-8-24-15-13(3-4-14(15)23)11-20-16-18-5-2-6-19-16;3-2(4,5)1(6)7/h2,5-6,9-10,13-15H,3-4,7-8,11H2,1H3,(H,18,19,20);(H,6,7)/t13?,14-,15-;/m1./s1. The van der Waals surface area contributed by atoms with Crippen molar-refractivity contribution in [3.05, 3.63) is 36.4 Å². The predicted octanol–water partition coefficient (Wildman–Crippen LogP) is 2.30. The number of aromatic nitrogens is 4. The summed E-state index contributed by atoms with van der Waals surface area (Å²) in [6, 6.07) is 2.17. The van der Waals surface area contributed by atoms with Crippen LogP contribution in [0.25, 0.3) is 0 Å². The van der Waals surface area contributed by atoms with E-state index in [2.05, 4.69) is 30.2 Å². The Morgan fingerprint density at radius 3 is 2.48 bits per heavy atom. The van der Waals surface area contributed by atoms with Crippen molar-refractivity contribution in [1.29, 1.82) is 0 Å². The third kappa shape index (κ3) is 6.00. The highest BCUT2D eigenvalue weighted by molar-refractivity contribution is 5.73. The molecule has 1 unspecified atom stereocenters. The largest absolute Gasteiger partial charge is 0.490 e. The van der Waals surface area contributed by atoms with Gasteiger partial charge in [-0.3, -0.25) is 0 Å². The van der Waals surface area contributed by atoms with Gasteiger partial charge in [0.05, 0.1) is 18.8 Å². The number of halogens is 3. The molecule has 0 aromatic carbocycles. The minimum Gasteiger partial charge on any atom is -0.475 e. The number of hydrogen-bond acceptors (Lipinski definition) is 8. The molecule has 1 saturated carbocycles.